The van der Waals surface area contributed by atoms with E-state index in [0.29, 0.717) is 29.2 Å². The maximum Gasteiger partial charge on any atom is 0.255 e. The van der Waals surface area contributed by atoms with Crippen LogP contribution in [0.1, 0.15) is 57.3 Å². The van der Waals surface area contributed by atoms with Crippen molar-refractivity contribution in [2.24, 2.45) is 17.3 Å². The summed E-state index contributed by atoms with van der Waals surface area (Å²) in [6.45, 7) is 8.27. The van der Waals surface area contributed by atoms with Crippen LogP contribution in [0.4, 0.5) is 0 Å². The van der Waals surface area contributed by atoms with Crippen molar-refractivity contribution in [3.63, 3.8) is 0 Å². The Hall–Kier alpha value is -1.65. The first-order valence-corrected chi connectivity index (χ1v) is 10.9. The molecule has 1 N–H and O–H groups in total. The van der Waals surface area contributed by atoms with Crippen molar-refractivity contribution in [3.05, 3.63) is 45.0 Å². The molecule has 156 valence electrons. The molecular weight excluding hydrogens is 407 g/mol. The minimum atomic E-state index is -0.271. The van der Waals surface area contributed by atoms with Crippen LogP contribution in [0.25, 0.3) is 0 Å². The number of Topliss-reactive ketones (excluding diaryl/α,β-unsaturated/α-hetero) is 1. The molecule has 29 heavy (non-hydrogen) atoms. The van der Waals surface area contributed by atoms with Crippen LogP contribution < -0.4 is 0 Å². The quantitative estimate of drug-likeness (QED) is 0.334. The van der Waals surface area contributed by atoms with E-state index < -0.39 is 0 Å². The predicted octanol–water partition coefficient (Wildman–Crippen LogP) is 5.82. The number of carbonyl (C=O) groups excluding carboxylic acids is 2. The van der Waals surface area contributed by atoms with Crippen LogP contribution in [-0.2, 0) is 4.79 Å². The molecule has 4 nitrogen and oxygen atoms in total. The largest absolute Gasteiger partial charge is 0.328 e. The molecule has 2 saturated carbocycles. The summed E-state index contributed by atoms with van der Waals surface area (Å²) in [4.78, 5) is 28.1. The van der Waals surface area contributed by atoms with Gasteiger partial charge in [-0.3, -0.25) is 9.59 Å². The van der Waals surface area contributed by atoms with Gasteiger partial charge in [0.25, 0.3) is 5.91 Å². The molecule has 2 aliphatic carbocycles. The third kappa shape index (κ3) is 4.02. The predicted molar refractivity (Wildman–Crippen MR) is 118 cm³/mol. The van der Waals surface area contributed by atoms with Gasteiger partial charge in [0.2, 0.25) is 0 Å². The number of halogens is 2. The lowest BCUT2D eigenvalue weighted by Gasteiger charge is -2.32. The maximum atomic E-state index is 13.4. The highest BCUT2D eigenvalue weighted by Gasteiger charge is 2.63. The lowest BCUT2D eigenvalue weighted by atomic mass is 9.95. The molecule has 1 aromatic carbocycles. The van der Waals surface area contributed by atoms with E-state index in [-0.39, 0.29) is 39.9 Å². The topological polar surface area (TPSA) is 61.2 Å². The van der Waals surface area contributed by atoms with Gasteiger partial charge in [-0.1, -0.05) is 55.6 Å². The molecule has 0 radical (unpaired) electrons. The van der Waals surface area contributed by atoms with Crippen LogP contribution in [0.2, 0.25) is 10.0 Å². The molecule has 0 bridgehead atoms. The van der Waals surface area contributed by atoms with Crippen LogP contribution >= 0.6 is 23.2 Å². The van der Waals surface area contributed by atoms with Crippen LogP contribution in [0, 0.1) is 22.7 Å². The van der Waals surface area contributed by atoms with Gasteiger partial charge in [0.15, 0.2) is 5.78 Å². The Balaban J connectivity index is 1.90. The number of nitrogens with zero attached hydrogens (tertiary/aromatic N) is 1. The Kier molecular flexibility index (Phi) is 6.26. The summed E-state index contributed by atoms with van der Waals surface area (Å²) in [5.74, 6) is 0.648. The summed E-state index contributed by atoms with van der Waals surface area (Å²) in [5, 5.41) is 8.34. The van der Waals surface area contributed by atoms with Crippen LogP contribution in [0.15, 0.2) is 29.3 Å². The Morgan fingerprint density at radius 3 is 2.24 bits per heavy atom. The highest BCUT2D eigenvalue weighted by atomic mass is 35.5. The number of fused-ring (bicyclic) bond motifs is 1. The van der Waals surface area contributed by atoms with Gasteiger partial charge in [0.1, 0.15) is 0 Å². The molecule has 0 saturated heterocycles. The monoisotopic (exact) mass is 434 g/mol. The van der Waals surface area contributed by atoms with Gasteiger partial charge in [-0.25, -0.2) is 0 Å². The number of carbonyl (C=O) groups is 2. The van der Waals surface area contributed by atoms with Crippen molar-refractivity contribution in [2.45, 2.75) is 53.0 Å². The van der Waals surface area contributed by atoms with Crippen molar-refractivity contribution in [3.8, 4) is 0 Å². The first kappa shape index (κ1) is 22.0. The summed E-state index contributed by atoms with van der Waals surface area (Å²) in [6.07, 6.45) is 3.57. The number of hydrogen-bond acceptors (Lipinski definition) is 3. The molecule has 3 rings (SSSR count). The normalized spacial score (nSPS) is 25.1. The zero-order valence-corrected chi connectivity index (χ0v) is 18.9. The number of hydrogen-bond donors (Lipinski definition) is 1. The second-order valence-electron chi connectivity index (χ2n) is 8.80. The molecule has 1 aromatic rings. The highest BCUT2D eigenvalue weighted by molar-refractivity contribution is 6.40. The highest BCUT2D eigenvalue weighted by Crippen LogP contribution is 2.67. The minimum absolute atomic E-state index is 0.00431. The first-order valence-electron chi connectivity index (χ1n) is 10.1. The Morgan fingerprint density at radius 2 is 1.76 bits per heavy atom. The molecule has 0 aromatic heterocycles. The van der Waals surface area contributed by atoms with Crippen molar-refractivity contribution < 1.29 is 9.59 Å². The molecule has 0 unspecified atom stereocenters. The molecule has 0 heterocycles. The lowest BCUT2D eigenvalue weighted by Crippen LogP contribution is -2.44. The van der Waals surface area contributed by atoms with Crippen LogP contribution in [0.5, 0.6) is 0 Å². The minimum Gasteiger partial charge on any atom is -0.328 e. The number of allylic oxidation sites excluding steroid dienone is 1. The standard InChI is InChI=1S/C23H28Cl2N2O2/c1-5-13(2)15(11-26)22(29)27(14-9-16-17(10-14)23(16,3)4)12-20(28)21-18(24)7-6-8-19(21)25/h6-8,11,14,16-17,26H,5,9-10,12H2,1-4H3/b15-13+,26-11?/t14-,16+,17-. The van der Waals surface area contributed by atoms with Gasteiger partial charge < -0.3 is 10.3 Å². The molecule has 3 atom stereocenters. The SMILES string of the molecule is CC/C(C)=C(\C=N)C(=O)N(CC(=O)c1c(Cl)cccc1Cl)[C@H]1C[C@@H]2[C@H](C1)C2(C)C. The Labute approximate surface area is 182 Å². The summed E-state index contributed by atoms with van der Waals surface area (Å²) in [6, 6.07) is 4.95. The van der Waals surface area contributed by atoms with Gasteiger partial charge in [-0.15, -0.1) is 0 Å². The molecular formula is C23H28Cl2N2O2. The summed E-state index contributed by atoms with van der Waals surface area (Å²) < 4.78 is 0. The fraction of sp³-hybridized carbons (Fsp3) is 0.522. The number of benzene rings is 1. The third-order valence-electron chi connectivity index (χ3n) is 6.96. The average Bonchev–Trinajstić information content (AvgIpc) is 2.99. The van der Waals surface area contributed by atoms with Gasteiger partial charge >= 0.3 is 0 Å². The second-order valence-corrected chi connectivity index (χ2v) is 9.62. The lowest BCUT2D eigenvalue weighted by molar-refractivity contribution is -0.128. The Morgan fingerprint density at radius 1 is 1.21 bits per heavy atom. The average molecular weight is 435 g/mol. The fourth-order valence-electron chi connectivity index (χ4n) is 4.81. The van der Waals surface area contributed by atoms with E-state index in [2.05, 4.69) is 13.8 Å². The summed E-state index contributed by atoms with van der Waals surface area (Å²) >= 11 is 12.4. The van der Waals surface area contributed by atoms with Gasteiger partial charge in [-0.05, 0) is 55.6 Å². The van der Waals surface area contributed by atoms with E-state index in [0.717, 1.165) is 24.6 Å². The van der Waals surface area contributed by atoms with E-state index in [1.807, 2.05) is 13.8 Å². The summed E-state index contributed by atoms with van der Waals surface area (Å²) in [7, 11) is 0. The van der Waals surface area contributed by atoms with E-state index in [9.17, 15) is 9.59 Å². The zero-order valence-electron chi connectivity index (χ0n) is 17.4. The maximum absolute atomic E-state index is 13.4. The zero-order chi connectivity index (χ0) is 21.5. The van der Waals surface area contributed by atoms with E-state index >= 15 is 0 Å². The van der Waals surface area contributed by atoms with Crippen molar-refractivity contribution in [1.82, 2.24) is 4.90 Å². The number of ketones is 1. The van der Waals surface area contributed by atoms with Crippen LogP contribution in [-0.4, -0.2) is 35.4 Å². The molecule has 0 aliphatic heterocycles. The van der Waals surface area contributed by atoms with E-state index in [4.69, 9.17) is 28.6 Å². The molecule has 2 fully saturated rings. The number of amides is 1. The molecule has 0 spiro atoms. The van der Waals surface area contributed by atoms with Crippen molar-refractivity contribution >= 4 is 41.1 Å². The smallest absolute Gasteiger partial charge is 0.255 e. The van der Waals surface area contributed by atoms with Gasteiger partial charge in [-0.2, -0.15) is 0 Å². The van der Waals surface area contributed by atoms with Crippen molar-refractivity contribution in [1.29, 1.82) is 5.41 Å². The van der Waals surface area contributed by atoms with Crippen LogP contribution in [0.3, 0.4) is 0 Å². The Bertz CT molecular complexity index is 857. The number of nitrogens with one attached hydrogen (secondary N) is 1. The van der Waals surface area contributed by atoms with Crippen molar-refractivity contribution in [2.75, 3.05) is 6.54 Å². The van der Waals surface area contributed by atoms with E-state index in [1.165, 1.54) is 0 Å². The van der Waals surface area contributed by atoms with E-state index in [1.54, 1.807) is 23.1 Å². The molecule has 1 amide bonds. The molecule has 6 heteroatoms. The van der Waals surface area contributed by atoms with Gasteiger partial charge in [0.05, 0.1) is 27.7 Å². The fourth-order valence-corrected chi connectivity index (χ4v) is 5.42. The third-order valence-corrected chi connectivity index (χ3v) is 7.59. The van der Waals surface area contributed by atoms with Gasteiger partial charge in [0, 0.05) is 12.3 Å². The second kappa shape index (κ2) is 8.23. The summed E-state index contributed by atoms with van der Waals surface area (Å²) in [5.41, 5.74) is 1.79. The number of rotatable bonds is 7. The molecule has 2 aliphatic rings. The first-order chi connectivity index (χ1) is 13.6.